The van der Waals surface area contributed by atoms with Gasteiger partial charge in [-0.05, 0) is 33.3 Å². The Hall–Kier alpha value is -1.49. The van der Waals surface area contributed by atoms with Crippen molar-refractivity contribution in [2.24, 2.45) is 0 Å². The summed E-state index contributed by atoms with van der Waals surface area (Å²) in [6, 6.07) is 1.63. The molecule has 0 bridgehead atoms. The number of amides is 2. The normalized spacial score (nSPS) is 13.9. The first-order chi connectivity index (χ1) is 8.90. The molecular formula is C14H24N2O3. The first kappa shape index (κ1) is 15.6. The highest BCUT2D eigenvalue weighted by molar-refractivity contribution is 5.74. The number of aliphatic hydroxyl groups is 1. The summed E-state index contributed by atoms with van der Waals surface area (Å²) in [5.41, 5.74) is 0.397. The molecule has 1 aromatic rings. The number of furan rings is 1. The molecule has 1 aromatic heterocycles. The minimum Gasteiger partial charge on any atom is -0.466 e. The van der Waals surface area contributed by atoms with Crippen LogP contribution >= 0.6 is 0 Å². The molecule has 5 nitrogen and oxygen atoms in total. The second-order valence-corrected chi connectivity index (χ2v) is 5.21. The van der Waals surface area contributed by atoms with E-state index in [1.54, 1.807) is 0 Å². The van der Waals surface area contributed by atoms with E-state index in [1.807, 2.05) is 33.8 Å². The van der Waals surface area contributed by atoms with Crippen molar-refractivity contribution in [2.45, 2.75) is 52.6 Å². The molecule has 2 amide bonds. The average molecular weight is 268 g/mol. The van der Waals surface area contributed by atoms with Gasteiger partial charge in [0.1, 0.15) is 11.5 Å². The molecule has 0 saturated carbocycles. The first-order valence-electron chi connectivity index (χ1n) is 6.63. The smallest absolute Gasteiger partial charge is 0.315 e. The van der Waals surface area contributed by atoms with Crippen molar-refractivity contribution in [3.8, 4) is 0 Å². The number of hydrogen-bond donors (Lipinski definition) is 3. The van der Waals surface area contributed by atoms with Gasteiger partial charge in [-0.2, -0.15) is 0 Å². The van der Waals surface area contributed by atoms with Gasteiger partial charge in [-0.1, -0.05) is 13.3 Å². The molecule has 0 aliphatic heterocycles. The van der Waals surface area contributed by atoms with E-state index in [4.69, 9.17) is 4.42 Å². The standard InChI is InChI=1S/C14H24N2O3/c1-5-6-14(4,9-17)16-13(18)15-8-12-7-10(2)19-11(12)3/h7,17H,5-6,8-9H2,1-4H3,(H2,15,16,18). The second kappa shape index (κ2) is 6.61. The third-order valence-electron chi connectivity index (χ3n) is 3.15. The highest BCUT2D eigenvalue weighted by Crippen LogP contribution is 2.14. The Bertz CT molecular complexity index is 428. The van der Waals surface area contributed by atoms with Crippen LogP contribution in [0.4, 0.5) is 4.79 Å². The van der Waals surface area contributed by atoms with Crippen LogP contribution < -0.4 is 10.6 Å². The fourth-order valence-electron chi connectivity index (χ4n) is 2.09. The summed E-state index contributed by atoms with van der Waals surface area (Å²) in [4.78, 5) is 11.8. The van der Waals surface area contributed by atoms with Gasteiger partial charge in [-0.15, -0.1) is 0 Å². The number of aryl methyl sites for hydroxylation is 2. The highest BCUT2D eigenvalue weighted by atomic mass is 16.3. The lowest BCUT2D eigenvalue weighted by Crippen LogP contribution is -2.52. The first-order valence-corrected chi connectivity index (χ1v) is 6.63. The van der Waals surface area contributed by atoms with Crippen LogP contribution in [-0.2, 0) is 6.54 Å². The Morgan fingerprint density at radius 1 is 1.47 bits per heavy atom. The molecule has 1 rings (SSSR count). The third-order valence-corrected chi connectivity index (χ3v) is 3.15. The Morgan fingerprint density at radius 2 is 2.16 bits per heavy atom. The van der Waals surface area contributed by atoms with Gasteiger partial charge in [0.15, 0.2) is 0 Å². The van der Waals surface area contributed by atoms with Crippen LogP contribution in [0.3, 0.4) is 0 Å². The maximum Gasteiger partial charge on any atom is 0.315 e. The van der Waals surface area contributed by atoms with Gasteiger partial charge in [0.05, 0.1) is 12.1 Å². The van der Waals surface area contributed by atoms with Gasteiger partial charge in [-0.3, -0.25) is 0 Å². The summed E-state index contributed by atoms with van der Waals surface area (Å²) in [7, 11) is 0. The lowest BCUT2D eigenvalue weighted by molar-refractivity contribution is 0.163. The molecular weight excluding hydrogens is 244 g/mol. The fourth-order valence-corrected chi connectivity index (χ4v) is 2.09. The van der Waals surface area contributed by atoms with Crippen LogP contribution in [0.1, 0.15) is 43.8 Å². The van der Waals surface area contributed by atoms with Crippen LogP contribution in [0, 0.1) is 13.8 Å². The van der Waals surface area contributed by atoms with E-state index < -0.39 is 5.54 Å². The van der Waals surface area contributed by atoms with Crippen molar-refractivity contribution in [1.82, 2.24) is 10.6 Å². The second-order valence-electron chi connectivity index (χ2n) is 5.21. The van der Waals surface area contributed by atoms with Gasteiger partial charge in [0.25, 0.3) is 0 Å². The number of urea groups is 1. The maximum atomic E-state index is 11.8. The molecule has 0 aliphatic carbocycles. The van der Waals surface area contributed by atoms with E-state index in [0.29, 0.717) is 6.54 Å². The predicted molar refractivity (Wildman–Crippen MR) is 74.0 cm³/mol. The van der Waals surface area contributed by atoms with Gasteiger partial charge >= 0.3 is 6.03 Å². The Kier molecular flexibility index (Phi) is 5.42. The lowest BCUT2D eigenvalue weighted by atomic mass is 9.98. The molecule has 108 valence electrons. The van der Waals surface area contributed by atoms with E-state index in [0.717, 1.165) is 29.9 Å². The Balaban J connectivity index is 2.49. The number of carbonyl (C=O) groups is 1. The van der Waals surface area contributed by atoms with Crippen LogP contribution in [-0.4, -0.2) is 23.3 Å². The van der Waals surface area contributed by atoms with Crippen LogP contribution in [0.15, 0.2) is 10.5 Å². The van der Waals surface area contributed by atoms with Gasteiger partial charge < -0.3 is 20.2 Å². The zero-order chi connectivity index (χ0) is 14.5. The summed E-state index contributed by atoms with van der Waals surface area (Å²) in [5, 5.41) is 14.9. The molecule has 3 N–H and O–H groups in total. The molecule has 1 atom stereocenters. The predicted octanol–water partition coefficient (Wildman–Crippen LogP) is 2.25. The average Bonchev–Trinajstić information content (AvgIpc) is 2.65. The van der Waals surface area contributed by atoms with Crippen molar-refractivity contribution >= 4 is 6.03 Å². The number of rotatable bonds is 6. The molecule has 0 aliphatic rings. The number of hydrogen-bond acceptors (Lipinski definition) is 3. The SMILES string of the molecule is CCCC(C)(CO)NC(=O)NCc1cc(C)oc1C. The highest BCUT2D eigenvalue weighted by Gasteiger charge is 2.24. The monoisotopic (exact) mass is 268 g/mol. The zero-order valence-electron chi connectivity index (χ0n) is 12.2. The lowest BCUT2D eigenvalue weighted by Gasteiger charge is -2.28. The van der Waals surface area contributed by atoms with Crippen LogP contribution in [0.2, 0.25) is 0 Å². The van der Waals surface area contributed by atoms with E-state index in [9.17, 15) is 9.90 Å². The van der Waals surface area contributed by atoms with Crippen LogP contribution in [0.5, 0.6) is 0 Å². The van der Waals surface area contributed by atoms with Crippen LogP contribution in [0.25, 0.3) is 0 Å². The molecule has 0 aromatic carbocycles. The Morgan fingerprint density at radius 3 is 2.63 bits per heavy atom. The topological polar surface area (TPSA) is 74.5 Å². The van der Waals surface area contributed by atoms with Crippen molar-refractivity contribution in [3.63, 3.8) is 0 Å². The van der Waals surface area contributed by atoms with E-state index in [-0.39, 0.29) is 12.6 Å². The molecule has 1 unspecified atom stereocenters. The number of carbonyl (C=O) groups excluding carboxylic acids is 1. The van der Waals surface area contributed by atoms with Gasteiger partial charge in [0, 0.05) is 12.1 Å². The molecule has 0 radical (unpaired) electrons. The quantitative estimate of drug-likeness (QED) is 0.740. The minimum absolute atomic E-state index is 0.0713. The summed E-state index contributed by atoms with van der Waals surface area (Å²) in [6.07, 6.45) is 1.64. The number of nitrogens with one attached hydrogen (secondary N) is 2. The largest absolute Gasteiger partial charge is 0.466 e. The summed E-state index contributed by atoms with van der Waals surface area (Å²) >= 11 is 0. The zero-order valence-corrected chi connectivity index (χ0v) is 12.2. The summed E-state index contributed by atoms with van der Waals surface area (Å²) < 4.78 is 5.40. The molecule has 0 fully saturated rings. The van der Waals surface area contributed by atoms with E-state index in [2.05, 4.69) is 10.6 Å². The van der Waals surface area contributed by atoms with Crippen molar-refractivity contribution < 1.29 is 14.3 Å². The van der Waals surface area contributed by atoms with Gasteiger partial charge in [-0.25, -0.2) is 4.79 Å². The Labute approximate surface area is 114 Å². The number of aliphatic hydroxyl groups excluding tert-OH is 1. The molecule has 0 saturated heterocycles. The molecule has 0 spiro atoms. The van der Waals surface area contributed by atoms with Crippen molar-refractivity contribution in [3.05, 3.63) is 23.2 Å². The molecule has 5 heteroatoms. The fraction of sp³-hybridized carbons (Fsp3) is 0.643. The van der Waals surface area contributed by atoms with E-state index >= 15 is 0 Å². The molecule has 1 heterocycles. The van der Waals surface area contributed by atoms with Crippen molar-refractivity contribution in [1.29, 1.82) is 0 Å². The third kappa shape index (κ3) is 4.59. The van der Waals surface area contributed by atoms with Crippen molar-refractivity contribution in [2.75, 3.05) is 6.61 Å². The molecule has 19 heavy (non-hydrogen) atoms. The maximum absolute atomic E-state index is 11.8. The van der Waals surface area contributed by atoms with Gasteiger partial charge in [0.2, 0.25) is 0 Å². The summed E-state index contributed by atoms with van der Waals surface area (Å²) in [5.74, 6) is 1.65. The summed E-state index contributed by atoms with van der Waals surface area (Å²) in [6.45, 7) is 7.95. The minimum atomic E-state index is -0.569. The van der Waals surface area contributed by atoms with E-state index in [1.165, 1.54) is 0 Å².